The first-order valence-corrected chi connectivity index (χ1v) is 12.8. The van der Waals surface area contributed by atoms with Crippen LogP contribution in [0.1, 0.15) is 57.2 Å². The van der Waals surface area contributed by atoms with Crippen molar-refractivity contribution >= 4 is 12.3 Å². The van der Waals surface area contributed by atoms with Gasteiger partial charge < -0.3 is 18.9 Å². The molecule has 0 fully saturated rings. The number of aldehydes is 1. The van der Waals surface area contributed by atoms with Crippen LogP contribution in [0.25, 0.3) is 0 Å². The van der Waals surface area contributed by atoms with Crippen LogP contribution in [0, 0.1) is 44.0 Å². The Labute approximate surface area is 235 Å². The predicted molar refractivity (Wildman–Crippen MR) is 144 cm³/mol. The summed E-state index contributed by atoms with van der Waals surface area (Å²) in [4.78, 5) is 23.6. The number of hydrogen-bond donors (Lipinski definition) is 0. The first-order chi connectivity index (χ1) is 19.5. The minimum absolute atomic E-state index is 0.00480. The number of benzene rings is 3. The van der Waals surface area contributed by atoms with E-state index < -0.39 is 40.6 Å². The van der Waals surface area contributed by atoms with Gasteiger partial charge in [0, 0.05) is 6.61 Å². The van der Waals surface area contributed by atoms with Crippen molar-refractivity contribution in [1.82, 2.24) is 0 Å². The fraction of sp³-hybridized carbons (Fsp3) is 0.290. The maximum atomic E-state index is 14.4. The van der Waals surface area contributed by atoms with Gasteiger partial charge in [0.2, 0.25) is 17.4 Å². The smallest absolute Gasteiger partial charge is 0.343 e. The molecule has 0 aliphatic carbocycles. The van der Waals surface area contributed by atoms with Gasteiger partial charge in [0.25, 0.3) is 0 Å². The summed E-state index contributed by atoms with van der Waals surface area (Å²) in [6.45, 7) is 11.3. The normalized spacial score (nSPS) is 11.6. The summed E-state index contributed by atoms with van der Waals surface area (Å²) in [5, 5.41) is 0. The average molecular weight is 575 g/mol. The maximum absolute atomic E-state index is 14.4. The zero-order valence-corrected chi connectivity index (χ0v) is 23.1. The summed E-state index contributed by atoms with van der Waals surface area (Å²) in [5.41, 5.74) is -0.164. The third-order valence-electron chi connectivity index (χ3n) is 6.37. The van der Waals surface area contributed by atoms with Crippen LogP contribution in [0.4, 0.5) is 17.6 Å². The van der Waals surface area contributed by atoms with Crippen LogP contribution in [0.5, 0.6) is 23.0 Å². The Balaban J connectivity index is 1.68. The molecule has 0 bridgehead atoms. The van der Waals surface area contributed by atoms with E-state index in [1.165, 1.54) is 19.9 Å². The molecule has 0 aromatic heterocycles. The summed E-state index contributed by atoms with van der Waals surface area (Å²) in [5.74, 6) is -8.79. The molecule has 3 aromatic rings. The first-order valence-electron chi connectivity index (χ1n) is 12.8. The van der Waals surface area contributed by atoms with Crippen molar-refractivity contribution in [3.63, 3.8) is 0 Å². The van der Waals surface area contributed by atoms with E-state index in [0.29, 0.717) is 30.1 Å². The highest BCUT2D eigenvalue weighted by Crippen LogP contribution is 2.39. The highest BCUT2D eigenvalue weighted by molar-refractivity contribution is 5.91. The lowest BCUT2D eigenvalue weighted by Gasteiger charge is -2.18. The third kappa shape index (κ3) is 7.32. The lowest BCUT2D eigenvalue weighted by molar-refractivity contribution is 0.0733. The van der Waals surface area contributed by atoms with Crippen LogP contribution in [0.3, 0.4) is 0 Å². The fourth-order valence-corrected chi connectivity index (χ4v) is 3.79. The molecule has 0 saturated heterocycles. The van der Waals surface area contributed by atoms with Gasteiger partial charge in [-0.15, -0.1) is 6.58 Å². The molecule has 3 rings (SSSR count). The predicted octanol–water partition coefficient (Wildman–Crippen LogP) is 7.74. The molecular formula is C31H30F4O6. The van der Waals surface area contributed by atoms with E-state index >= 15 is 0 Å². The molecule has 0 spiro atoms. The molecule has 6 nitrogen and oxygen atoms in total. The molecule has 10 heteroatoms. The molecule has 1 unspecified atom stereocenters. The molecule has 0 N–H and O–H groups in total. The van der Waals surface area contributed by atoms with E-state index in [9.17, 15) is 27.2 Å². The Morgan fingerprint density at radius 2 is 1.51 bits per heavy atom. The van der Waals surface area contributed by atoms with E-state index in [4.69, 9.17) is 18.9 Å². The van der Waals surface area contributed by atoms with Gasteiger partial charge in [0.1, 0.15) is 17.2 Å². The highest BCUT2D eigenvalue weighted by atomic mass is 19.2. The van der Waals surface area contributed by atoms with E-state index in [2.05, 4.69) is 6.58 Å². The Bertz CT molecular complexity index is 1410. The average Bonchev–Trinajstić information content (AvgIpc) is 2.96. The van der Waals surface area contributed by atoms with Gasteiger partial charge in [-0.3, -0.25) is 4.79 Å². The summed E-state index contributed by atoms with van der Waals surface area (Å²) in [6, 6.07) is 7.79. The molecular weight excluding hydrogens is 544 g/mol. The Kier molecular flexibility index (Phi) is 10.7. The number of rotatable bonds is 13. The third-order valence-corrected chi connectivity index (χ3v) is 6.37. The maximum Gasteiger partial charge on any atom is 0.343 e. The molecule has 0 heterocycles. The van der Waals surface area contributed by atoms with Crippen LogP contribution >= 0.6 is 0 Å². The summed E-state index contributed by atoms with van der Waals surface area (Å²) in [6.07, 6.45) is 3.03. The standard InChI is InChI=1S/C31H30F4O6/c1-6-18(3)38-13-7-8-14-39-22-11-9-21(10-12-22)31(37)40-24-15-17(2)29(20(5)19(24)4)41-30-27(34)25(32)23(16-36)26(33)28(30)35/h6,9-12,15-16,18H,1,7-8,13-14H2,2-5H3. The van der Waals surface area contributed by atoms with Crippen LogP contribution in [-0.4, -0.2) is 31.6 Å². The van der Waals surface area contributed by atoms with Gasteiger partial charge in [0.15, 0.2) is 17.9 Å². The lowest BCUT2D eigenvalue weighted by Crippen LogP contribution is -2.11. The molecule has 218 valence electrons. The lowest BCUT2D eigenvalue weighted by atomic mass is 10.0. The largest absolute Gasteiger partial charge is 0.494 e. The molecule has 1 atom stereocenters. The number of hydrogen-bond acceptors (Lipinski definition) is 6. The molecule has 0 aliphatic heterocycles. The van der Waals surface area contributed by atoms with E-state index in [0.717, 1.165) is 12.8 Å². The zero-order valence-electron chi connectivity index (χ0n) is 23.1. The summed E-state index contributed by atoms with van der Waals surface area (Å²) >= 11 is 0. The van der Waals surface area contributed by atoms with Gasteiger partial charge in [-0.1, -0.05) is 6.08 Å². The number of aryl methyl sites for hydroxylation is 1. The Morgan fingerprint density at radius 1 is 0.902 bits per heavy atom. The topological polar surface area (TPSA) is 71.1 Å². The Hall–Kier alpha value is -4.18. The highest BCUT2D eigenvalue weighted by Gasteiger charge is 2.28. The van der Waals surface area contributed by atoms with Gasteiger partial charge >= 0.3 is 5.97 Å². The molecule has 0 radical (unpaired) electrons. The van der Waals surface area contributed by atoms with Gasteiger partial charge in [-0.25, -0.2) is 13.6 Å². The summed E-state index contributed by atoms with van der Waals surface area (Å²) < 4.78 is 78.9. The monoisotopic (exact) mass is 574 g/mol. The zero-order chi connectivity index (χ0) is 30.3. The van der Waals surface area contributed by atoms with Gasteiger partial charge in [-0.2, -0.15) is 8.78 Å². The minimum atomic E-state index is -1.87. The number of unbranched alkanes of at least 4 members (excludes halogenated alkanes) is 1. The Morgan fingerprint density at radius 3 is 2.10 bits per heavy atom. The van der Waals surface area contributed by atoms with Crippen molar-refractivity contribution in [3.05, 3.63) is 94.1 Å². The van der Waals surface area contributed by atoms with Crippen LogP contribution in [0.2, 0.25) is 0 Å². The van der Waals surface area contributed by atoms with Crippen molar-refractivity contribution in [2.45, 2.75) is 46.6 Å². The number of ether oxygens (including phenoxy) is 4. The first kappa shape index (κ1) is 31.3. The second-order valence-electron chi connectivity index (χ2n) is 9.27. The number of carbonyl (C=O) groups is 2. The van der Waals surface area contributed by atoms with Crippen molar-refractivity contribution in [2.75, 3.05) is 13.2 Å². The SMILES string of the molecule is C=CC(C)OCCCCOc1ccc(C(=O)Oc2cc(C)c(Oc3c(F)c(F)c(C=O)c(F)c3F)c(C)c2C)cc1. The van der Waals surface area contributed by atoms with E-state index in [-0.39, 0.29) is 35.0 Å². The van der Waals surface area contributed by atoms with Crippen LogP contribution in [0.15, 0.2) is 43.0 Å². The van der Waals surface area contributed by atoms with Crippen molar-refractivity contribution in [3.8, 4) is 23.0 Å². The second kappa shape index (κ2) is 13.9. The van der Waals surface area contributed by atoms with Crippen LogP contribution in [-0.2, 0) is 4.74 Å². The fourth-order valence-electron chi connectivity index (χ4n) is 3.79. The van der Waals surface area contributed by atoms with E-state index in [1.807, 2.05) is 6.92 Å². The minimum Gasteiger partial charge on any atom is -0.494 e. The summed E-state index contributed by atoms with van der Waals surface area (Å²) in [7, 11) is 0. The van der Waals surface area contributed by atoms with Gasteiger partial charge in [0.05, 0.1) is 23.8 Å². The quantitative estimate of drug-likeness (QED) is 0.0396. The van der Waals surface area contributed by atoms with E-state index in [1.54, 1.807) is 37.3 Å². The number of carbonyl (C=O) groups excluding carboxylic acids is 2. The molecule has 0 amide bonds. The number of halogens is 4. The van der Waals surface area contributed by atoms with Crippen molar-refractivity contribution in [2.24, 2.45) is 0 Å². The van der Waals surface area contributed by atoms with Crippen molar-refractivity contribution < 1.29 is 46.1 Å². The molecule has 0 saturated carbocycles. The van der Waals surface area contributed by atoms with Crippen LogP contribution < -0.4 is 14.2 Å². The second-order valence-corrected chi connectivity index (χ2v) is 9.27. The molecule has 41 heavy (non-hydrogen) atoms. The molecule has 3 aromatic carbocycles. The number of esters is 1. The van der Waals surface area contributed by atoms with Gasteiger partial charge in [-0.05, 0) is 87.6 Å². The molecule has 0 aliphatic rings. The van der Waals surface area contributed by atoms with Crippen molar-refractivity contribution in [1.29, 1.82) is 0 Å².